The van der Waals surface area contributed by atoms with Crippen molar-refractivity contribution >= 4 is 52.3 Å². The van der Waals surface area contributed by atoms with E-state index in [9.17, 15) is 14.4 Å². The predicted molar refractivity (Wildman–Crippen MR) is 123 cm³/mol. The summed E-state index contributed by atoms with van der Waals surface area (Å²) in [5.74, 6) is 0.297. The number of thioether (sulfide) groups is 1. The Morgan fingerprint density at radius 3 is 2.32 bits per heavy atom. The smallest absolute Gasteiger partial charge is 0.409 e. The summed E-state index contributed by atoms with van der Waals surface area (Å²) >= 11 is 6.52. The topological polar surface area (TPSA) is 79.4 Å². The van der Waals surface area contributed by atoms with Crippen molar-refractivity contribution in [3.63, 3.8) is 0 Å². The van der Waals surface area contributed by atoms with Crippen molar-refractivity contribution in [2.24, 2.45) is 0 Å². The Hall–Kier alpha value is -2.59. The summed E-state index contributed by atoms with van der Waals surface area (Å²) in [7, 11) is 0. The summed E-state index contributed by atoms with van der Waals surface area (Å²) in [6.07, 6.45) is 1.39. The minimum absolute atomic E-state index is 0.106. The molecule has 0 unspecified atom stereocenters. The van der Waals surface area contributed by atoms with Crippen LogP contribution in [0.25, 0.3) is 6.08 Å². The van der Waals surface area contributed by atoms with Crippen molar-refractivity contribution in [3.05, 3.63) is 34.7 Å². The van der Waals surface area contributed by atoms with Gasteiger partial charge in [-0.05, 0) is 37.6 Å². The van der Waals surface area contributed by atoms with E-state index in [1.165, 1.54) is 16.7 Å². The lowest BCUT2D eigenvalue weighted by Gasteiger charge is -2.34. The van der Waals surface area contributed by atoms with Crippen molar-refractivity contribution in [3.8, 4) is 5.75 Å². The maximum atomic E-state index is 12.8. The molecule has 3 rings (SSSR count). The molecule has 1 aromatic carbocycles. The van der Waals surface area contributed by atoms with Gasteiger partial charge in [-0.2, -0.15) is 0 Å². The zero-order valence-corrected chi connectivity index (χ0v) is 19.2. The van der Waals surface area contributed by atoms with Crippen LogP contribution in [0.15, 0.2) is 29.2 Å². The molecule has 0 spiro atoms. The molecular formula is C21H25N3O5S2. The van der Waals surface area contributed by atoms with Crippen LogP contribution in [0.4, 0.5) is 4.79 Å². The van der Waals surface area contributed by atoms with E-state index in [0.29, 0.717) is 48.6 Å². The number of carbonyl (C=O) groups excluding carboxylic acids is 3. The first-order valence-electron chi connectivity index (χ1n) is 10.1. The largest absolute Gasteiger partial charge is 0.494 e. The Labute approximate surface area is 191 Å². The highest BCUT2D eigenvalue weighted by molar-refractivity contribution is 8.26. The average Bonchev–Trinajstić information content (AvgIpc) is 3.03. The highest BCUT2D eigenvalue weighted by Crippen LogP contribution is 2.32. The van der Waals surface area contributed by atoms with E-state index in [1.54, 1.807) is 22.8 Å². The van der Waals surface area contributed by atoms with E-state index < -0.39 is 0 Å². The highest BCUT2D eigenvalue weighted by atomic mass is 32.2. The first-order chi connectivity index (χ1) is 14.9. The SMILES string of the molecule is CCOC(=O)N1CCN(C(=O)CN2C(=O)/C(=C\c3ccc(OCC)cc3)SC2=S)CC1. The average molecular weight is 464 g/mol. The van der Waals surface area contributed by atoms with Gasteiger partial charge in [-0.3, -0.25) is 14.5 Å². The van der Waals surface area contributed by atoms with Crippen LogP contribution < -0.4 is 4.74 Å². The molecule has 2 aliphatic heterocycles. The van der Waals surface area contributed by atoms with Gasteiger partial charge >= 0.3 is 6.09 Å². The van der Waals surface area contributed by atoms with E-state index >= 15 is 0 Å². The van der Waals surface area contributed by atoms with Gasteiger partial charge < -0.3 is 19.3 Å². The monoisotopic (exact) mass is 463 g/mol. The van der Waals surface area contributed by atoms with Crippen molar-refractivity contribution < 1.29 is 23.9 Å². The van der Waals surface area contributed by atoms with Gasteiger partial charge in [0.05, 0.1) is 18.1 Å². The molecule has 0 saturated carbocycles. The van der Waals surface area contributed by atoms with Gasteiger partial charge in [0.1, 0.15) is 16.6 Å². The van der Waals surface area contributed by atoms with E-state index in [-0.39, 0.29) is 24.5 Å². The summed E-state index contributed by atoms with van der Waals surface area (Å²) in [5, 5.41) is 0. The number of amides is 3. The Kier molecular flexibility index (Phi) is 7.91. The zero-order chi connectivity index (χ0) is 22.4. The Morgan fingerprint density at radius 1 is 1.06 bits per heavy atom. The lowest BCUT2D eigenvalue weighted by atomic mass is 10.2. The van der Waals surface area contributed by atoms with Crippen LogP contribution in [0.5, 0.6) is 5.75 Å². The number of benzene rings is 1. The normalized spacial score (nSPS) is 18.0. The summed E-state index contributed by atoms with van der Waals surface area (Å²) in [4.78, 5) is 42.3. The first-order valence-corrected chi connectivity index (χ1v) is 11.3. The highest BCUT2D eigenvalue weighted by Gasteiger charge is 2.35. The third-order valence-corrected chi connectivity index (χ3v) is 6.19. The Morgan fingerprint density at radius 2 is 1.71 bits per heavy atom. The fourth-order valence-electron chi connectivity index (χ4n) is 3.20. The number of piperazine rings is 1. The third-order valence-electron chi connectivity index (χ3n) is 4.81. The zero-order valence-electron chi connectivity index (χ0n) is 17.5. The van der Waals surface area contributed by atoms with Gasteiger partial charge in [0.25, 0.3) is 5.91 Å². The molecular weight excluding hydrogens is 438 g/mol. The molecule has 166 valence electrons. The van der Waals surface area contributed by atoms with Crippen LogP contribution in [-0.2, 0) is 14.3 Å². The number of hydrogen-bond donors (Lipinski definition) is 0. The number of nitrogens with zero attached hydrogens (tertiary/aromatic N) is 3. The molecule has 2 heterocycles. The molecule has 0 aromatic heterocycles. The molecule has 3 amide bonds. The molecule has 0 aliphatic carbocycles. The van der Waals surface area contributed by atoms with Gasteiger partial charge in [-0.15, -0.1) is 0 Å². The Bertz CT molecular complexity index is 880. The van der Waals surface area contributed by atoms with Crippen LogP contribution in [-0.4, -0.2) is 82.9 Å². The van der Waals surface area contributed by atoms with Crippen molar-refractivity contribution in [1.29, 1.82) is 0 Å². The molecule has 8 nitrogen and oxygen atoms in total. The van der Waals surface area contributed by atoms with Gasteiger partial charge in [0.2, 0.25) is 5.91 Å². The fraction of sp³-hybridized carbons (Fsp3) is 0.429. The molecule has 31 heavy (non-hydrogen) atoms. The van der Waals surface area contributed by atoms with E-state index in [1.807, 2.05) is 31.2 Å². The van der Waals surface area contributed by atoms with Gasteiger partial charge in [0.15, 0.2) is 0 Å². The minimum atomic E-state index is -0.369. The van der Waals surface area contributed by atoms with E-state index in [0.717, 1.165) is 11.3 Å². The van der Waals surface area contributed by atoms with Crippen LogP contribution in [0.1, 0.15) is 19.4 Å². The van der Waals surface area contributed by atoms with E-state index in [4.69, 9.17) is 21.7 Å². The summed E-state index contributed by atoms with van der Waals surface area (Å²) in [5.41, 5.74) is 0.852. The van der Waals surface area contributed by atoms with Gasteiger partial charge in [0, 0.05) is 26.2 Å². The number of thiocarbonyl (C=S) groups is 1. The van der Waals surface area contributed by atoms with Crippen LogP contribution in [0.2, 0.25) is 0 Å². The maximum Gasteiger partial charge on any atom is 0.409 e. The summed E-state index contributed by atoms with van der Waals surface area (Å²) in [6, 6.07) is 7.42. The summed E-state index contributed by atoms with van der Waals surface area (Å²) in [6.45, 7) is 6.07. The predicted octanol–water partition coefficient (Wildman–Crippen LogP) is 2.59. The number of hydrogen-bond acceptors (Lipinski definition) is 7. The quantitative estimate of drug-likeness (QED) is 0.474. The van der Waals surface area contributed by atoms with Crippen molar-refractivity contribution in [2.75, 3.05) is 45.9 Å². The molecule has 0 N–H and O–H groups in total. The molecule has 0 atom stereocenters. The lowest BCUT2D eigenvalue weighted by Crippen LogP contribution is -2.53. The van der Waals surface area contributed by atoms with Gasteiger partial charge in [-0.1, -0.05) is 36.1 Å². The first kappa shape index (κ1) is 23.1. The second-order valence-corrected chi connectivity index (χ2v) is 8.51. The standard InChI is InChI=1S/C21H25N3O5S2/c1-3-28-16-7-5-15(6-8-16)13-17-19(26)24(21(30)31-17)14-18(25)22-9-11-23(12-10-22)20(27)29-4-2/h5-8,13H,3-4,9-12,14H2,1-2H3/b17-13+. The minimum Gasteiger partial charge on any atom is -0.494 e. The lowest BCUT2D eigenvalue weighted by molar-refractivity contribution is -0.136. The Balaban J connectivity index is 1.57. The molecule has 10 heteroatoms. The molecule has 2 aliphatic rings. The molecule has 2 fully saturated rings. The fourth-order valence-corrected chi connectivity index (χ4v) is 4.46. The summed E-state index contributed by atoms with van der Waals surface area (Å²) < 4.78 is 10.8. The second kappa shape index (κ2) is 10.6. The van der Waals surface area contributed by atoms with Crippen molar-refractivity contribution in [2.45, 2.75) is 13.8 Å². The number of ether oxygens (including phenoxy) is 2. The van der Waals surface area contributed by atoms with E-state index in [2.05, 4.69) is 0 Å². The molecule has 1 aromatic rings. The number of carbonyl (C=O) groups is 3. The third kappa shape index (κ3) is 5.76. The maximum absolute atomic E-state index is 12.8. The van der Waals surface area contributed by atoms with Gasteiger partial charge in [-0.25, -0.2) is 4.79 Å². The van der Waals surface area contributed by atoms with Crippen LogP contribution >= 0.6 is 24.0 Å². The second-order valence-electron chi connectivity index (χ2n) is 6.84. The molecule has 0 bridgehead atoms. The van der Waals surface area contributed by atoms with Crippen LogP contribution in [0, 0.1) is 0 Å². The molecule has 0 radical (unpaired) electrons. The number of rotatable bonds is 6. The van der Waals surface area contributed by atoms with Crippen LogP contribution in [0.3, 0.4) is 0 Å². The molecule has 2 saturated heterocycles. The van der Waals surface area contributed by atoms with Crippen molar-refractivity contribution in [1.82, 2.24) is 14.7 Å².